The molecule has 15 heavy (non-hydrogen) atoms. The summed E-state index contributed by atoms with van der Waals surface area (Å²) in [5.41, 5.74) is 1.94. The molecule has 4 atom stereocenters. The van der Waals surface area contributed by atoms with Crippen LogP contribution in [-0.4, -0.2) is 11.2 Å². The van der Waals surface area contributed by atoms with E-state index in [1.165, 1.54) is 19.3 Å². The van der Waals surface area contributed by atoms with Crippen LogP contribution >= 0.6 is 0 Å². The molecule has 0 heterocycles. The maximum absolute atomic E-state index is 9.75. The van der Waals surface area contributed by atoms with Crippen LogP contribution in [0.3, 0.4) is 0 Å². The Balaban J connectivity index is 2.28. The van der Waals surface area contributed by atoms with E-state index in [4.69, 9.17) is 0 Å². The second-order valence-corrected chi connectivity index (χ2v) is 5.77. The third-order valence-corrected chi connectivity index (χ3v) is 4.87. The van der Waals surface area contributed by atoms with Crippen LogP contribution in [0.15, 0.2) is 11.6 Å². The summed E-state index contributed by atoms with van der Waals surface area (Å²) in [4.78, 5) is 0. The van der Waals surface area contributed by atoms with E-state index in [9.17, 15) is 5.11 Å². The third-order valence-electron chi connectivity index (χ3n) is 4.87. The first-order valence-electron chi connectivity index (χ1n) is 6.45. The van der Waals surface area contributed by atoms with Crippen LogP contribution in [0.5, 0.6) is 0 Å². The van der Waals surface area contributed by atoms with Crippen molar-refractivity contribution in [2.75, 3.05) is 0 Å². The highest BCUT2D eigenvalue weighted by molar-refractivity contribution is 5.22. The van der Waals surface area contributed by atoms with Crippen LogP contribution < -0.4 is 0 Å². The molecule has 0 aromatic rings. The Labute approximate surface area is 93.6 Å². The zero-order valence-corrected chi connectivity index (χ0v) is 10.3. The lowest BCUT2D eigenvalue weighted by Crippen LogP contribution is -2.41. The fraction of sp³-hybridized carbons (Fsp3) is 0.857. The second-order valence-electron chi connectivity index (χ2n) is 5.77. The van der Waals surface area contributed by atoms with E-state index < -0.39 is 0 Å². The summed E-state index contributed by atoms with van der Waals surface area (Å²) in [7, 11) is 0. The fourth-order valence-electron chi connectivity index (χ4n) is 3.93. The van der Waals surface area contributed by atoms with Crippen LogP contribution in [0.4, 0.5) is 0 Å². The van der Waals surface area contributed by atoms with Crippen LogP contribution in [0, 0.1) is 17.3 Å². The normalized spacial score (nSPS) is 45.9. The molecule has 0 radical (unpaired) electrons. The quantitative estimate of drug-likeness (QED) is 0.654. The minimum atomic E-state index is -0.0739. The lowest BCUT2D eigenvalue weighted by atomic mass is 9.56. The predicted octanol–water partition coefficient (Wildman–Crippen LogP) is 3.53. The van der Waals surface area contributed by atoms with Crippen LogP contribution in [0.25, 0.3) is 0 Å². The summed E-state index contributed by atoms with van der Waals surface area (Å²) in [6, 6.07) is 0. The van der Waals surface area contributed by atoms with E-state index in [-0.39, 0.29) is 6.10 Å². The number of aliphatic hydroxyl groups is 1. The van der Waals surface area contributed by atoms with Gasteiger partial charge in [-0.15, -0.1) is 0 Å². The van der Waals surface area contributed by atoms with Gasteiger partial charge in [-0.25, -0.2) is 0 Å². The average molecular weight is 208 g/mol. The van der Waals surface area contributed by atoms with E-state index >= 15 is 0 Å². The van der Waals surface area contributed by atoms with Crippen molar-refractivity contribution < 1.29 is 5.11 Å². The van der Waals surface area contributed by atoms with Crippen LogP contribution in [-0.2, 0) is 0 Å². The number of rotatable bonds is 1. The predicted molar refractivity (Wildman–Crippen MR) is 63.6 cm³/mol. The van der Waals surface area contributed by atoms with Crippen LogP contribution in [0.2, 0.25) is 0 Å². The van der Waals surface area contributed by atoms with Crippen molar-refractivity contribution in [1.82, 2.24) is 0 Å². The molecule has 0 aromatic carbocycles. The fourth-order valence-corrected chi connectivity index (χ4v) is 3.93. The zero-order valence-electron chi connectivity index (χ0n) is 10.3. The van der Waals surface area contributed by atoms with E-state index in [1.54, 1.807) is 5.57 Å². The molecule has 2 rings (SSSR count). The first-order chi connectivity index (χ1) is 7.08. The van der Waals surface area contributed by atoms with Crippen molar-refractivity contribution in [2.45, 2.75) is 59.0 Å². The van der Waals surface area contributed by atoms with Gasteiger partial charge in [-0.05, 0) is 42.9 Å². The number of fused-ring (bicyclic) bond motifs is 1. The molecule has 1 fully saturated rings. The van der Waals surface area contributed by atoms with Gasteiger partial charge in [-0.2, -0.15) is 0 Å². The highest BCUT2D eigenvalue weighted by atomic mass is 16.3. The second kappa shape index (κ2) is 3.93. The Morgan fingerprint density at radius 1 is 1.53 bits per heavy atom. The van der Waals surface area contributed by atoms with Gasteiger partial charge < -0.3 is 5.11 Å². The molecule has 1 nitrogen and oxygen atoms in total. The largest absolute Gasteiger partial charge is 0.393 e. The third kappa shape index (κ3) is 1.75. The standard InChI is InChI=1S/C14H24O/c1-4-13-10(2)5-6-11-9-12(15)7-8-14(11,13)3/h6,10,12-13,15H,4-5,7-9H2,1-3H3/t10?,12-,13?,14-/m0/s1. The molecular formula is C14H24O. The number of hydrogen-bond donors (Lipinski definition) is 1. The van der Waals surface area contributed by atoms with Gasteiger partial charge in [-0.3, -0.25) is 0 Å². The smallest absolute Gasteiger partial charge is 0.0577 e. The van der Waals surface area contributed by atoms with Gasteiger partial charge in [0.1, 0.15) is 0 Å². The van der Waals surface area contributed by atoms with E-state index in [1.807, 2.05) is 0 Å². The van der Waals surface area contributed by atoms with Gasteiger partial charge in [-0.1, -0.05) is 38.8 Å². The lowest BCUT2D eigenvalue weighted by molar-refractivity contribution is 0.0537. The number of aliphatic hydroxyl groups excluding tert-OH is 1. The molecule has 0 spiro atoms. The van der Waals surface area contributed by atoms with Crippen molar-refractivity contribution >= 4 is 0 Å². The molecule has 0 aliphatic heterocycles. The molecule has 1 heteroatoms. The van der Waals surface area contributed by atoms with Gasteiger partial charge >= 0.3 is 0 Å². The SMILES string of the molecule is CCC1C(C)CC=C2C[C@@H](O)CC[C@@]21C. The summed E-state index contributed by atoms with van der Waals surface area (Å²) in [6.45, 7) is 7.13. The Hall–Kier alpha value is -0.300. The number of allylic oxidation sites excluding steroid dienone is 1. The Bertz CT molecular complexity index is 269. The summed E-state index contributed by atoms with van der Waals surface area (Å²) in [6.07, 6.45) is 7.95. The highest BCUT2D eigenvalue weighted by Gasteiger charge is 2.44. The molecule has 86 valence electrons. The van der Waals surface area contributed by atoms with Crippen LogP contribution in [0.1, 0.15) is 52.9 Å². The van der Waals surface area contributed by atoms with Gasteiger partial charge in [0.15, 0.2) is 0 Å². The molecule has 2 aliphatic rings. The Morgan fingerprint density at radius 3 is 2.93 bits per heavy atom. The Kier molecular flexibility index (Phi) is 2.94. The Morgan fingerprint density at radius 2 is 2.27 bits per heavy atom. The van der Waals surface area contributed by atoms with Crippen molar-refractivity contribution in [1.29, 1.82) is 0 Å². The van der Waals surface area contributed by atoms with Crippen molar-refractivity contribution in [3.63, 3.8) is 0 Å². The zero-order chi connectivity index (χ0) is 11.1. The highest BCUT2D eigenvalue weighted by Crippen LogP contribution is 2.53. The molecule has 1 N–H and O–H groups in total. The van der Waals surface area contributed by atoms with E-state index in [2.05, 4.69) is 26.8 Å². The lowest BCUT2D eigenvalue weighted by Gasteiger charge is -2.49. The van der Waals surface area contributed by atoms with E-state index in [0.29, 0.717) is 5.41 Å². The first kappa shape index (κ1) is 11.2. The summed E-state index contributed by atoms with van der Waals surface area (Å²) in [5.74, 6) is 1.64. The summed E-state index contributed by atoms with van der Waals surface area (Å²) in [5, 5.41) is 9.75. The van der Waals surface area contributed by atoms with Gasteiger partial charge in [0.25, 0.3) is 0 Å². The topological polar surface area (TPSA) is 20.2 Å². The van der Waals surface area contributed by atoms with Crippen molar-refractivity contribution in [3.05, 3.63) is 11.6 Å². The molecule has 1 saturated carbocycles. The summed E-state index contributed by atoms with van der Waals surface area (Å²) < 4.78 is 0. The van der Waals surface area contributed by atoms with Gasteiger partial charge in [0.2, 0.25) is 0 Å². The average Bonchev–Trinajstić information content (AvgIpc) is 2.20. The van der Waals surface area contributed by atoms with E-state index in [0.717, 1.165) is 24.7 Å². The van der Waals surface area contributed by atoms with Crippen molar-refractivity contribution in [2.24, 2.45) is 17.3 Å². The monoisotopic (exact) mass is 208 g/mol. The molecule has 0 aromatic heterocycles. The van der Waals surface area contributed by atoms with Crippen molar-refractivity contribution in [3.8, 4) is 0 Å². The molecular weight excluding hydrogens is 184 g/mol. The minimum Gasteiger partial charge on any atom is -0.393 e. The molecule has 0 amide bonds. The molecule has 2 aliphatic carbocycles. The first-order valence-corrected chi connectivity index (χ1v) is 6.45. The summed E-state index contributed by atoms with van der Waals surface area (Å²) >= 11 is 0. The van der Waals surface area contributed by atoms with Gasteiger partial charge in [0, 0.05) is 0 Å². The molecule has 0 saturated heterocycles. The minimum absolute atomic E-state index is 0.0739. The maximum atomic E-state index is 9.75. The number of hydrogen-bond acceptors (Lipinski definition) is 1. The molecule has 0 bridgehead atoms. The molecule has 2 unspecified atom stereocenters. The maximum Gasteiger partial charge on any atom is 0.0577 e. The van der Waals surface area contributed by atoms with Gasteiger partial charge in [0.05, 0.1) is 6.10 Å².